The van der Waals surface area contributed by atoms with Crippen molar-refractivity contribution in [2.75, 3.05) is 0 Å². The van der Waals surface area contributed by atoms with Gasteiger partial charge in [-0.25, -0.2) is 9.78 Å². The van der Waals surface area contributed by atoms with Crippen molar-refractivity contribution in [1.82, 2.24) is 14.1 Å². The van der Waals surface area contributed by atoms with E-state index in [0.717, 1.165) is 11.2 Å². The quantitative estimate of drug-likeness (QED) is 0.777. The summed E-state index contributed by atoms with van der Waals surface area (Å²) < 4.78 is 3.54. The molecule has 0 saturated heterocycles. The average Bonchev–Trinajstić information content (AvgIpc) is 2.49. The largest absolute Gasteiger partial charge is 0.330 e. The molecule has 0 amide bonds. The first-order valence-corrected chi connectivity index (χ1v) is 5.61. The van der Waals surface area contributed by atoms with Gasteiger partial charge < -0.3 is 0 Å². The highest BCUT2D eigenvalue weighted by molar-refractivity contribution is 5.71. The Morgan fingerprint density at radius 3 is 2.31 bits per heavy atom. The molecule has 2 aromatic rings. The van der Waals surface area contributed by atoms with Crippen LogP contribution in [0.25, 0.3) is 11.2 Å². The molecule has 4 heteroatoms. The molecule has 0 aliphatic carbocycles. The first-order valence-electron chi connectivity index (χ1n) is 5.61. The summed E-state index contributed by atoms with van der Waals surface area (Å²) in [6, 6.07) is 4.09. The molecule has 4 nitrogen and oxygen atoms in total. The minimum atomic E-state index is 0.0266. The molecule has 0 fully saturated rings. The molecule has 2 heterocycles. The zero-order valence-corrected chi connectivity index (χ0v) is 10.1. The molecule has 16 heavy (non-hydrogen) atoms. The predicted octanol–water partition coefficient (Wildman–Crippen LogP) is 2.36. The lowest BCUT2D eigenvalue weighted by Crippen LogP contribution is -2.26. The van der Waals surface area contributed by atoms with Gasteiger partial charge >= 0.3 is 5.69 Å². The monoisotopic (exact) mass is 219 g/mol. The molecule has 0 aliphatic rings. The van der Waals surface area contributed by atoms with Crippen molar-refractivity contribution in [2.45, 2.75) is 39.8 Å². The van der Waals surface area contributed by atoms with Gasteiger partial charge in [0.25, 0.3) is 0 Å². The van der Waals surface area contributed by atoms with Crippen LogP contribution in [0.3, 0.4) is 0 Å². The highest BCUT2D eigenvalue weighted by atomic mass is 16.1. The maximum absolute atomic E-state index is 12.3. The van der Waals surface area contributed by atoms with Crippen LogP contribution in [0.2, 0.25) is 0 Å². The maximum Gasteiger partial charge on any atom is 0.330 e. The first-order chi connectivity index (χ1) is 7.54. The molecule has 0 spiro atoms. The SMILES string of the molecule is CC(C)n1c(=O)n(C(C)C)c2ncccc21. The lowest BCUT2D eigenvalue weighted by atomic mass is 10.3. The predicted molar refractivity (Wildman–Crippen MR) is 64.8 cm³/mol. The van der Waals surface area contributed by atoms with E-state index in [0.29, 0.717) is 0 Å². The molecule has 0 aromatic carbocycles. The van der Waals surface area contributed by atoms with E-state index in [9.17, 15) is 4.79 Å². The van der Waals surface area contributed by atoms with E-state index in [-0.39, 0.29) is 17.8 Å². The Morgan fingerprint density at radius 1 is 1.12 bits per heavy atom. The molecule has 2 rings (SSSR count). The van der Waals surface area contributed by atoms with Gasteiger partial charge in [0.05, 0.1) is 5.52 Å². The number of nitrogens with zero attached hydrogens (tertiary/aromatic N) is 3. The van der Waals surface area contributed by atoms with Crippen LogP contribution >= 0.6 is 0 Å². The lowest BCUT2D eigenvalue weighted by molar-refractivity contribution is 0.532. The molecule has 0 bridgehead atoms. The normalized spacial score (nSPS) is 11.9. The molecule has 0 atom stereocenters. The lowest BCUT2D eigenvalue weighted by Gasteiger charge is -2.06. The smallest absolute Gasteiger partial charge is 0.288 e. The van der Waals surface area contributed by atoms with Crippen molar-refractivity contribution < 1.29 is 0 Å². The molecular formula is C12H17N3O. The second kappa shape index (κ2) is 3.77. The summed E-state index contributed by atoms with van der Waals surface area (Å²) in [7, 11) is 0. The molecular weight excluding hydrogens is 202 g/mol. The van der Waals surface area contributed by atoms with Crippen molar-refractivity contribution in [1.29, 1.82) is 0 Å². The van der Waals surface area contributed by atoms with Gasteiger partial charge in [-0.2, -0.15) is 0 Å². The molecule has 0 radical (unpaired) electrons. The third-order valence-corrected chi connectivity index (χ3v) is 2.70. The second-order valence-electron chi connectivity index (χ2n) is 4.56. The van der Waals surface area contributed by atoms with Crippen molar-refractivity contribution in [2.24, 2.45) is 0 Å². The second-order valence-corrected chi connectivity index (χ2v) is 4.56. The molecule has 0 saturated carbocycles. The van der Waals surface area contributed by atoms with Crippen LogP contribution in [0, 0.1) is 0 Å². The number of aromatic nitrogens is 3. The van der Waals surface area contributed by atoms with Crippen LogP contribution in [0.5, 0.6) is 0 Å². The van der Waals surface area contributed by atoms with E-state index in [1.807, 2.05) is 39.8 Å². The van der Waals surface area contributed by atoms with Gasteiger partial charge in [-0.3, -0.25) is 9.13 Å². The van der Waals surface area contributed by atoms with E-state index in [1.165, 1.54) is 0 Å². The topological polar surface area (TPSA) is 39.8 Å². The number of hydrogen-bond donors (Lipinski definition) is 0. The fourth-order valence-electron chi connectivity index (χ4n) is 2.04. The molecule has 0 aliphatic heterocycles. The van der Waals surface area contributed by atoms with E-state index < -0.39 is 0 Å². The third-order valence-electron chi connectivity index (χ3n) is 2.70. The standard InChI is InChI=1S/C12H17N3O/c1-8(2)14-10-6-5-7-13-11(10)15(9(3)4)12(14)16/h5-9H,1-4H3. The van der Waals surface area contributed by atoms with Gasteiger partial charge in [0.15, 0.2) is 5.65 Å². The average molecular weight is 219 g/mol. The Labute approximate surface area is 94.5 Å². The Morgan fingerprint density at radius 2 is 1.75 bits per heavy atom. The Hall–Kier alpha value is -1.58. The number of hydrogen-bond acceptors (Lipinski definition) is 2. The van der Waals surface area contributed by atoms with E-state index >= 15 is 0 Å². The van der Waals surface area contributed by atoms with Gasteiger partial charge in [-0.1, -0.05) is 0 Å². The highest BCUT2D eigenvalue weighted by Gasteiger charge is 2.17. The Kier molecular flexibility index (Phi) is 2.58. The fourth-order valence-corrected chi connectivity index (χ4v) is 2.04. The number of rotatable bonds is 2. The van der Waals surface area contributed by atoms with Crippen LogP contribution < -0.4 is 5.69 Å². The fraction of sp³-hybridized carbons (Fsp3) is 0.500. The molecule has 2 aromatic heterocycles. The van der Waals surface area contributed by atoms with E-state index in [2.05, 4.69) is 4.98 Å². The van der Waals surface area contributed by atoms with Gasteiger partial charge in [0, 0.05) is 18.3 Å². The minimum Gasteiger partial charge on any atom is -0.288 e. The molecule has 0 N–H and O–H groups in total. The van der Waals surface area contributed by atoms with Crippen LogP contribution in [0.1, 0.15) is 39.8 Å². The van der Waals surface area contributed by atoms with Crippen molar-refractivity contribution >= 4 is 11.2 Å². The third kappa shape index (κ3) is 1.45. The summed E-state index contributed by atoms with van der Waals surface area (Å²) in [6.45, 7) is 8.03. The highest BCUT2D eigenvalue weighted by Crippen LogP contribution is 2.17. The molecule has 0 unspecified atom stereocenters. The molecule has 86 valence electrons. The number of imidazole rings is 1. The van der Waals surface area contributed by atoms with Crippen LogP contribution in [0.4, 0.5) is 0 Å². The summed E-state index contributed by atoms with van der Waals surface area (Å²) in [5, 5.41) is 0. The Bertz CT molecular complexity index is 515. The first kappa shape index (κ1) is 10.9. The zero-order chi connectivity index (χ0) is 11.9. The zero-order valence-electron chi connectivity index (χ0n) is 10.1. The van der Waals surface area contributed by atoms with Gasteiger partial charge in [-0.05, 0) is 39.8 Å². The van der Waals surface area contributed by atoms with Crippen LogP contribution in [-0.2, 0) is 0 Å². The summed E-state index contributed by atoms with van der Waals surface area (Å²) in [4.78, 5) is 16.6. The van der Waals surface area contributed by atoms with Crippen LogP contribution in [0.15, 0.2) is 23.1 Å². The minimum absolute atomic E-state index is 0.0266. The summed E-state index contributed by atoms with van der Waals surface area (Å²) >= 11 is 0. The van der Waals surface area contributed by atoms with Crippen molar-refractivity contribution in [3.05, 3.63) is 28.8 Å². The summed E-state index contributed by atoms with van der Waals surface area (Å²) in [6.07, 6.45) is 1.73. The van der Waals surface area contributed by atoms with Crippen molar-refractivity contribution in [3.63, 3.8) is 0 Å². The number of fused-ring (bicyclic) bond motifs is 1. The summed E-state index contributed by atoms with van der Waals surface area (Å²) in [5.74, 6) is 0. The van der Waals surface area contributed by atoms with Gasteiger partial charge in [-0.15, -0.1) is 0 Å². The van der Waals surface area contributed by atoms with E-state index in [4.69, 9.17) is 0 Å². The van der Waals surface area contributed by atoms with Gasteiger partial charge in [0.2, 0.25) is 0 Å². The van der Waals surface area contributed by atoms with Crippen molar-refractivity contribution in [3.8, 4) is 0 Å². The number of pyridine rings is 1. The Balaban J connectivity index is 2.92. The van der Waals surface area contributed by atoms with E-state index in [1.54, 1.807) is 15.3 Å². The van der Waals surface area contributed by atoms with Crippen LogP contribution in [-0.4, -0.2) is 14.1 Å². The maximum atomic E-state index is 12.3. The summed E-state index contributed by atoms with van der Waals surface area (Å²) in [5.41, 5.74) is 1.71. The van der Waals surface area contributed by atoms with Gasteiger partial charge in [0.1, 0.15) is 0 Å².